The van der Waals surface area contributed by atoms with E-state index in [0.717, 1.165) is 12.3 Å². The SMILES string of the molecule is O=c1[nH]cc(C(O)C(O)CCCl)cc1[N+](=O)[O-]. The standard InChI is InChI=1S/C9H11ClN2O5/c10-2-1-7(13)8(14)5-3-6(12(16)17)9(15)11-4-5/h3-4,7-8,13-14H,1-2H2,(H,11,15). The molecule has 8 heteroatoms. The van der Waals surface area contributed by atoms with Gasteiger partial charge >= 0.3 is 11.2 Å². The topological polar surface area (TPSA) is 116 Å². The molecule has 0 saturated heterocycles. The lowest BCUT2D eigenvalue weighted by Gasteiger charge is -2.16. The Hall–Kier alpha value is -1.44. The molecule has 1 aromatic heterocycles. The molecular weight excluding hydrogens is 252 g/mol. The summed E-state index contributed by atoms with van der Waals surface area (Å²) < 4.78 is 0. The zero-order valence-corrected chi connectivity index (χ0v) is 9.42. The largest absolute Gasteiger partial charge is 0.390 e. The number of rotatable bonds is 5. The number of aromatic amines is 1. The normalized spacial score (nSPS) is 14.3. The molecule has 0 aliphatic heterocycles. The van der Waals surface area contributed by atoms with Gasteiger partial charge in [0.1, 0.15) is 6.10 Å². The summed E-state index contributed by atoms with van der Waals surface area (Å²) in [7, 11) is 0. The molecule has 0 spiro atoms. The van der Waals surface area contributed by atoms with Gasteiger partial charge in [0.25, 0.3) is 0 Å². The Kier molecular flexibility index (Phi) is 4.62. The third kappa shape index (κ3) is 3.26. The molecule has 0 bridgehead atoms. The van der Waals surface area contributed by atoms with E-state index in [1.807, 2.05) is 0 Å². The smallest absolute Gasteiger partial charge is 0.334 e. The molecule has 0 aliphatic rings. The molecule has 7 nitrogen and oxygen atoms in total. The fraction of sp³-hybridized carbons (Fsp3) is 0.444. The van der Waals surface area contributed by atoms with Crippen LogP contribution in [0.4, 0.5) is 5.69 Å². The average molecular weight is 263 g/mol. The van der Waals surface area contributed by atoms with Crippen LogP contribution in [0.3, 0.4) is 0 Å². The van der Waals surface area contributed by atoms with Crippen molar-refractivity contribution in [3.63, 3.8) is 0 Å². The van der Waals surface area contributed by atoms with Crippen LogP contribution in [0.5, 0.6) is 0 Å². The number of H-pyrrole nitrogens is 1. The molecule has 17 heavy (non-hydrogen) atoms. The highest BCUT2D eigenvalue weighted by molar-refractivity contribution is 6.17. The van der Waals surface area contributed by atoms with Gasteiger partial charge in [-0.3, -0.25) is 14.9 Å². The van der Waals surface area contributed by atoms with Gasteiger partial charge in [-0.15, -0.1) is 11.6 Å². The number of halogens is 1. The van der Waals surface area contributed by atoms with Gasteiger partial charge in [0.05, 0.1) is 11.0 Å². The summed E-state index contributed by atoms with van der Waals surface area (Å²) in [5, 5.41) is 29.7. The van der Waals surface area contributed by atoms with E-state index in [4.69, 9.17) is 11.6 Å². The molecule has 2 unspecified atom stereocenters. The van der Waals surface area contributed by atoms with Crippen molar-refractivity contribution in [2.24, 2.45) is 0 Å². The van der Waals surface area contributed by atoms with Crippen molar-refractivity contribution in [3.05, 3.63) is 38.3 Å². The lowest BCUT2D eigenvalue weighted by molar-refractivity contribution is -0.386. The highest BCUT2D eigenvalue weighted by Crippen LogP contribution is 2.20. The van der Waals surface area contributed by atoms with Gasteiger partial charge in [0.2, 0.25) is 0 Å². The molecule has 1 rings (SSSR count). The highest BCUT2D eigenvalue weighted by Gasteiger charge is 2.21. The second-order valence-corrected chi connectivity index (χ2v) is 3.77. The number of aliphatic hydroxyl groups is 2. The second kappa shape index (κ2) is 5.76. The molecule has 94 valence electrons. The van der Waals surface area contributed by atoms with Crippen LogP contribution in [0.1, 0.15) is 18.1 Å². The number of alkyl halides is 1. The maximum atomic E-state index is 11.1. The summed E-state index contributed by atoms with van der Waals surface area (Å²) in [4.78, 5) is 22.8. The van der Waals surface area contributed by atoms with Crippen molar-refractivity contribution < 1.29 is 15.1 Å². The molecule has 0 radical (unpaired) electrons. The Morgan fingerprint density at radius 2 is 2.18 bits per heavy atom. The van der Waals surface area contributed by atoms with E-state index < -0.39 is 28.4 Å². The van der Waals surface area contributed by atoms with Crippen LogP contribution in [0.25, 0.3) is 0 Å². The number of pyridine rings is 1. The van der Waals surface area contributed by atoms with Crippen molar-refractivity contribution in [1.29, 1.82) is 0 Å². The van der Waals surface area contributed by atoms with Crippen molar-refractivity contribution >= 4 is 17.3 Å². The molecule has 1 heterocycles. The van der Waals surface area contributed by atoms with Gasteiger partial charge in [0, 0.05) is 23.7 Å². The van der Waals surface area contributed by atoms with Gasteiger partial charge in [-0.2, -0.15) is 0 Å². The van der Waals surface area contributed by atoms with Crippen LogP contribution in [0.2, 0.25) is 0 Å². The molecular formula is C9H11ClN2O5. The van der Waals surface area contributed by atoms with Crippen molar-refractivity contribution in [3.8, 4) is 0 Å². The summed E-state index contributed by atoms with van der Waals surface area (Å²) in [5.41, 5.74) is -1.48. The first-order valence-electron chi connectivity index (χ1n) is 4.76. The molecule has 3 N–H and O–H groups in total. The minimum absolute atomic E-state index is 0.0638. The quantitative estimate of drug-likeness (QED) is 0.401. The third-order valence-corrected chi connectivity index (χ3v) is 2.43. The van der Waals surface area contributed by atoms with E-state index in [-0.39, 0.29) is 17.9 Å². The number of aliphatic hydroxyl groups excluding tert-OH is 2. The Bertz CT molecular complexity index is 461. The number of nitrogens with one attached hydrogen (secondary N) is 1. The van der Waals surface area contributed by atoms with E-state index in [1.165, 1.54) is 0 Å². The third-order valence-electron chi connectivity index (χ3n) is 2.21. The number of nitro groups is 1. The number of nitrogens with zero attached hydrogens (tertiary/aromatic N) is 1. The van der Waals surface area contributed by atoms with Crippen LogP contribution in [-0.4, -0.2) is 32.1 Å². The van der Waals surface area contributed by atoms with Crippen LogP contribution < -0.4 is 5.56 Å². The van der Waals surface area contributed by atoms with Gasteiger partial charge in [-0.05, 0) is 6.42 Å². The molecule has 0 aliphatic carbocycles. The van der Waals surface area contributed by atoms with Crippen LogP contribution in [-0.2, 0) is 0 Å². The first-order chi connectivity index (χ1) is 7.97. The summed E-state index contributed by atoms with van der Waals surface area (Å²) in [6.45, 7) is 0. The Balaban J connectivity index is 3.03. The Morgan fingerprint density at radius 1 is 1.53 bits per heavy atom. The van der Waals surface area contributed by atoms with E-state index in [2.05, 4.69) is 4.98 Å². The number of hydrogen-bond acceptors (Lipinski definition) is 5. The molecule has 1 aromatic rings. The van der Waals surface area contributed by atoms with E-state index >= 15 is 0 Å². The zero-order valence-electron chi connectivity index (χ0n) is 8.67. The van der Waals surface area contributed by atoms with Crippen molar-refractivity contribution in [2.45, 2.75) is 18.6 Å². The predicted octanol–water partition coefficient (Wildman–Crippen LogP) is 0.306. The molecule has 0 amide bonds. The van der Waals surface area contributed by atoms with Gasteiger partial charge in [-0.25, -0.2) is 0 Å². The Labute approximate surface area is 101 Å². The maximum absolute atomic E-state index is 11.1. The minimum atomic E-state index is -1.33. The molecule has 2 atom stereocenters. The monoisotopic (exact) mass is 262 g/mol. The Morgan fingerprint density at radius 3 is 2.71 bits per heavy atom. The molecule has 0 fully saturated rings. The number of hydrogen-bond donors (Lipinski definition) is 3. The fourth-order valence-electron chi connectivity index (χ4n) is 1.29. The van der Waals surface area contributed by atoms with Crippen LogP contribution in [0, 0.1) is 10.1 Å². The maximum Gasteiger partial charge on any atom is 0.334 e. The van der Waals surface area contributed by atoms with Gasteiger partial charge < -0.3 is 15.2 Å². The first-order valence-corrected chi connectivity index (χ1v) is 5.30. The van der Waals surface area contributed by atoms with E-state index in [0.29, 0.717) is 0 Å². The van der Waals surface area contributed by atoms with E-state index in [9.17, 15) is 25.1 Å². The lowest BCUT2D eigenvalue weighted by Crippen LogP contribution is -2.21. The molecule has 0 aromatic carbocycles. The summed E-state index contributed by atoms with van der Waals surface area (Å²) in [6.07, 6.45) is -1.21. The van der Waals surface area contributed by atoms with Crippen molar-refractivity contribution in [1.82, 2.24) is 4.98 Å². The zero-order chi connectivity index (χ0) is 13.0. The highest BCUT2D eigenvalue weighted by atomic mass is 35.5. The molecule has 0 saturated carbocycles. The summed E-state index contributed by atoms with van der Waals surface area (Å²) in [6, 6.07) is 0.931. The average Bonchev–Trinajstić information content (AvgIpc) is 2.28. The summed E-state index contributed by atoms with van der Waals surface area (Å²) >= 11 is 5.40. The predicted molar refractivity (Wildman–Crippen MR) is 60.0 cm³/mol. The van der Waals surface area contributed by atoms with Crippen molar-refractivity contribution in [2.75, 3.05) is 5.88 Å². The minimum Gasteiger partial charge on any atom is -0.390 e. The summed E-state index contributed by atoms with van der Waals surface area (Å²) in [5.74, 6) is 0.143. The van der Waals surface area contributed by atoms with Gasteiger partial charge in [-0.1, -0.05) is 0 Å². The van der Waals surface area contributed by atoms with E-state index in [1.54, 1.807) is 0 Å². The van der Waals surface area contributed by atoms with Crippen LogP contribution in [0.15, 0.2) is 17.1 Å². The lowest BCUT2D eigenvalue weighted by atomic mass is 10.0. The first kappa shape index (κ1) is 13.6. The van der Waals surface area contributed by atoms with Crippen LogP contribution >= 0.6 is 11.6 Å². The second-order valence-electron chi connectivity index (χ2n) is 3.39. The number of aromatic nitrogens is 1. The fourth-order valence-corrected chi connectivity index (χ4v) is 1.51. The van der Waals surface area contributed by atoms with Gasteiger partial charge in [0.15, 0.2) is 0 Å².